The molecule has 2 aromatic carbocycles. The number of amides is 1. The molecule has 0 aliphatic rings. The highest BCUT2D eigenvalue weighted by Crippen LogP contribution is 2.33. The van der Waals surface area contributed by atoms with Crippen molar-refractivity contribution in [1.82, 2.24) is 15.2 Å². The monoisotopic (exact) mass is 423 g/mol. The Morgan fingerprint density at radius 2 is 1.90 bits per heavy atom. The van der Waals surface area contributed by atoms with Gasteiger partial charge in [-0.1, -0.05) is 44.2 Å². The maximum Gasteiger partial charge on any atom is 0.221 e. The number of carbonyl (C=O) groups excluding carboxylic acids is 1. The third-order valence-electron chi connectivity index (χ3n) is 6.05. The number of halogens is 1. The van der Waals surface area contributed by atoms with Gasteiger partial charge in [0.05, 0.1) is 0 Å². The highest BCUT2D eigenvalue weighted by atomic mass is 19.1. The summed E-state index contributed by atoms with van der Waals surface area (Å²) < 4.78 is 14.0. The number of aromatic amines is 1. The molecule has 166 valence electrons. The van der Waals surface area contributed by atoms with Crippen molar-refractivity contribution in [3.8, 4) is 0 Å². The lowest BCUT2D eigenvalue weighted by Gasteiger charge is -2.21. The van der Waals surface area contributed by atoms with E-state index in [4.69, 9.17) is 0 Å². The Bertz CT molecular complexity index is 979. The molecule has 0 saturated heterocycles. The van der Waals surface area contributed by atoms with Crippen molar-refractivity contribution >= 4 is 16.8 Å². The minimum absolute atomic E-state index is 0.00474. The number of hydrogen-bond acceptors (Lipinski definition) is 2. The van der Waals surface area contributed by atoms with Gasteiger partial charge in [-0.15, -0.1) is 0 Å². The van der Waals surface area contributed by atoms with Gasteiger partial charge in [0.1, 0.15) is 5.82 Å². The van der Waals surface area contributed by atoms with E-state index in [1.54, 1.807) is 6.07 Å². The van der Waals surface area contributed by atoms with E-state index in [-0.39, 0.29) is 30.1 Å². The van der Waals surface area contributed by atoms with Crippen molar-refractivity contribution in [1.29, 1.82) is 0 Å². The Morgan fingerprint density at radius 1 is 1.13 bits per heavy atom. The van der Waals surface area contributed by atoms with Gasteiger partial charge >= 0.3 is 0 Å². The Balaban J connectivity index is 1.71. The number of H-pyrrole nitrogens is 1. The van der Waals surface area contributed by atoms with Crippen LogP contribution in [0.3, 0.4) is 0 Å². The SMILES string of the molecule is CCN(CC)CCC[C@@H](C)NC(=O)C[C@@H](c1cccc(F)c1)c1c[nH]c2ccccc12. The van der Waals surface area contributed by atoms with Crippen LogP contribution in [-0.4, -0.2) is 41.5 Å². The Kier molecular flexibility index (Phi) is 8.24. The Hall–Kier alpha value is -2.66. The molecule has 2 atom stereocenters. The smallest absolute Gasteiger partial charge is 0.221 e. The van der Waals surface area contributed by atoms with Crippen LogP contribution in [0.25, 0.3) is 10.9 Å². The third-order valence-corrected chi connectivity index (χ3v) is 6.05. The largest absolute Gasteiger partial charge is 0.361 e. The molecule has 0 spiro atoms. The second-order valence-corrected chi connectivity index (χ2v) is 8.24. The zero-order valence-corrected chi connectivity index (χ0v) is 18.8. The molecule has 4 nitrogen and oxygen atoms in total. The quantitative estimate of drug-likeness (QED) is 0.430. The average Bonchev–Trinajstić information content (AvgIpc) is 3.19. The average molecular weight is 424 g/mol. The highest BCUT2D eigenvalue weighted by Gasteiger charge is 2.22. The maximum absolute atomic E-state index is 14.0. The van der Waals surface area contributed by atoms with Gasteiger partial charge < -0.3 is 15.2 Å². The molecule has 31 heavy (non-hydrogen) atoms. The second-order valence-electron chi connectivity index (χ2n) is 8.24. The molecule has 5 heteroatoms. The van der Waals surface area contributed by atoms with Gasteiger partial charge in [-0.3, -0.25) is 4.79 Å². The number of benzene rings is 2. The zero-order chi connectivity index (χ0) is 22.2. The third kappa shape index (κ3) is 6.17. The lowest BCUT2D eigenvalue weighted by atomic mass is 9.88. The molecule has 0 fully saturated rings. The summed E-state index contributed by atoms with van der Waals surface area (Å²) in [5.74, 6) is -0.503. The van der Waals surface area contributed by atoms with Crippen LogP contribution >= 0.6 is 0 Å². The fourth-order valence-corrected chi connectivity index (χ4v) is 4.27. The predicted octanol–water partition coefficient (Wildman–Crippen LogP) is 5.46. The number of hydrogen-bond donors (Lipinski definition) is 2. The van der Waals surface area contributed by atoms with Crippen molar-refractivity contribution in [3.05, 3.63) is 71.7 Å². The van der Waals surface area contributed by atoms with E-state index in [1.807, 2.05) is 36.5 Å². The van der Waals surface area contributed by atoms with Crippen LogP contribution in [0.1, 0.15) is 57.1 Å². The van der Waals surface area contributed by atoms with Crippen LogP contribution in [0.5, 0.6) is 0 Å². The van der Waals surface area contributed by atoms with Crippen molar-refractivity contribution in [2.75, 3.05) is 19.6 Å². The molecule has 3 rings (SSSR count). The molecular weight excluding hydrogens is 389 g/mol. The van der Waals surface area contributed by atoms with Gasteiger partial charge in [-0.05, 0) is 68.7 Å². The van der Waals surface area contributed by atoms with E-state index in [0.717, 1.165) is 54.5 Å². The first-order valence-corrected chi connectivity index (χ1v) is 11.3. The van der Waals surface area contributed by atoms with Crippen LogP contribution < -0.4 is 5.32 Å². The van der Waals surface area contributed by atoms with E-state index >= 15 is 0 Å². The fourth-order valence-electron chi connectivity index (χ4n) is 4.27. The second kappa shape index (κ2) is 11.1. The van der Waals surface area contributed by atoms with Gasteiger partial charge in [0.25, 0.3) is 0 Å². The number of nitrogens with zero attached hydrogens (tertiary/aromatic N) is 1. The van der Waals surface area contributed by atoms with Crippen molar-refractivity contribution in [2.24, 2.45) is 0 Å². The van der Waals surface area contributed by atoms with E-state index in [1.165, 1.54) is 12.1 Å². The van der Waals surface area contributed by atoms with Crippen LogP contribution in [0.4, 0.5) is 4.39 Å². The van der Waals surface area contributed by atoms with Gasteiger partial charge in [0.2, 0.25) is 5.91 Å². The molecule has 1 amide bonds. The van der Waals surface area contributed by atoms with Crippen molar-refractivity contribution in [2.45, 2.75) is 52.0 Å². The minimum Gasteiger partial charge on any atom is -0.361 e. The summed E-state index contributed by atoms with van der Waals surface area (Å²) >= 11 is 0. The number of rotatable bonds is 11. The molecule has 0 bridgehead atoms. The summed E-state index contributed by atoms with van der Waals surface area (Å²) in [5, 5.41) is 4.22. The molecule has 1 aromatic heterocycles. The number of carbonyl (C=O) groups is 1. The molecule has 2 N–H and O–H groups in total. The lowest BCUT2D eigenvalue weighted by Crippen LogP contribution is -2.34. The van der Waals surface area contributed by atoms with Crippen molar-refractivity contribution in [3.63, 3.8) is 0 Å². The first-order valence-electron chi connectivity index (χ1n) is 11.3. The lowest BCUT2D eigenvalue weighted by molar-refractivity contribution is -0.121. The maximum atomic E-state index is 14.0. The van der Waals surface area contributed by atoms with E-state index in [9.17, 15) is 9.18 Å². The molecule has 1 heterocycles. The van der Waals surface area contributed by atoms with Gasteiger partial charge in [0.15, 0.2) is 0 Å². The topological polar surface area (TPSA) is 48.1 Å². The number of nitrogens with one attached hydrogen (secondary N) is 2. The van der Waals surface area contributed by atoms with E-state index in [2.05, 4.69) is 36.0 Å². The van der Waals surface area contributed by atoms with Crippen molar-refractivity contribution < 1.29 is 9.18 Å². The van der Waals surface area contributed by atoms with Crippen LogP contribution in [0.15, 0.2) is 54.7 Å². The summed E-state index contributed by atoms with van der Waals surface area (Å²) in [7, 11) is 0. The zero-order valence-electron chi connectivity index (χ0n) is 18.8. The van der Waals surface area contributed by atoms with Gasteiger partial charge in [-0.2, -0.15) is 0 Å². The fraction of sp³-hybridized carbons (Fsp3) is 0.423. The number of aromatic nitrogens is 1. The molecule has 3 aromatic rings. The predicted molar refractivity (Wildman–Crippen MR) is 126 cm³/mol. The normalized spacial score (nSPS) is 13.5. The molecule has 0 aliphatic carbocycles. The van der Waals surface area contributed by atoms with E-state index < -0.39 is 0 Å². The van der Waals surface area contributed by atoms with Crippen LogP contribution in [0, 0.1) is 5.82 Å². The summed E-state index contributed by atoms with van der Waals surface area (Å²) in [6.45, 7) is 9.56. The van der Waals surface area contributed by atoms with Crippen LogP contribution in [0.2, 0.25) is 0 Å². The summed E-state index contributed by atoms with van der Waals surface area (Å²) in [6.07, 6.45) is 4.23. The standard InChI is InChI=1S/C26H34FN3O/c1-4-30(5-2)15-9-10-19(3)29-26(31)17-23(20-11-8-12-21(27)16-20)24-18-28-25-14-7-6-13-22(24)25/h6-8,11-14,16,18-19,23,28H,4-5,9-10,15,17H2,1-3H3,(H,29,31)/t19-,23+/m1/s1. The summed E-state index contributed by atoms with van der Waals surface area (Å²) in [4.78, 5) is 18.6. The van der Waals surface area contributed by atoms with Gasteiger partial charge in [0, 0.05) is 35.5 Å². The molecular formula is C26H34FN3O. The first kappa shape index (κ1) is 23.0. The van der Waals surface area contributed by atoms with E-state index in [0.29, 0.717) is 0 Å². The number of para-hydroxylation sites is 1. The Labute approximate surface area is 184 Å². The molecule has 0 radical (unpaired) electrons. The van der Waals surface area contributed by atoms with Gasteiger partial charge in [-0.25, -0.2) is 4.39 Å². The Morgan fingerprint density at radius 3 is 2.65 bits per heavy atom. The number of fused-ring (bicyclic) bond motifs is 1. The minimum atomic E-state index is -0.285. The molecule has 0 unspecified atom stereocenters. The summed E-state index contributed by atoms with van der Waals surface area (Å²) in [6, 6.07) is 14.7. The highest BCUT2D eigenvalue weighted by molar-refractivity contribution is 5.86. The first-order chi connectivity index (χ1) is 15.0. The van der Waals surface area contributed by atoms with Crippen LogP contribution in [-0.2, 0) is 4.79 Å². The summed E-state index contributed by atoms with van der Waals surface area (Å²) in [5.41, 5.74) is 2.85. The molecule has 0 aliphatic heterocycles. The molecule has 0 saturated carbocycles.